The number of ether oxygens (including phenoxy) is 1. The number of carbonyl (C=O) groups is 2. The topological polar surface area (TPSA) is 74.2 Å². The van der Waals surface area contributed by atoms with Gasteiger partial charge in [0.25, 0.3) is 11.8 Å². The number of rotatable bonds is 5. The summed E-state index contributed by atoms with van der Waals surface area (Å²) < 4.78 is 5.36. The number of hydrazone groups is 1. The molecule has 0 saturated carbocycles. The number of amides is 2. The van der Waals surface area contributed by atoms with Gasteiger partial charge < -0.3 is 15.0 Å². The van der Waals surface area contributed by atoms with E-state index < -0.39 is 0 Å². The number of anilines is 2. The Bertz CT molecular complexity index is 1240. The molecule has 35 heavy (non-hydrogen) atoms. The van der Waals surface area contributed by atoms with Crippen LogP contribution in [0, 0.1) is 6.92 Å². The highest BCUT2D eigenvalue weighted by Gasteiger charge is 2.32. The monoisotopic (exact) mass is 468 g/mol. The average Bonchev–Trinajstić information content (AvgIpc) is 3.37. The molecule has 2 aliphatic rings. The van der Waals surface area contributed by atoms with Gasteiger partial charge in [-0.2, -0.15) is 5.10 Å². The van der Waals surface area contributed by atoms with E-state index in [1.807, 2.05) is 66.5 Å². The summed E-state index contributed by atoms with van der Waals surface area (Å²) >= 11 is 0. The van der Waals surface area contributed by atoms with Crippen LogP contribution in [0.1, 0.15) is 33.9 Å². The third kappa shape index (κ3) is 4.81. The van der Waals surface area contributed by atoms with Crippen LogP contribution in [0.3, 0.4) is 0 Å². The molecule has 1 unspecified atom stereocenters. The van der Waals surface area contributed by atoms with E-state index in [0.717, 1.165) is 16.8 Å². The summed E-state index contributed by atoms with van der Waals surface area (Å²) in [6, 6.07) is 25.3. The van der Waals surface area contributed by atoms with Crippen molar-refractivity contribution in [3.8, 4) is 0 Å². The van der Waals surface area contributed by atoms with Crippen molar-refractivity contribution in [1.29, 1.82) is 0 Å². The van der Waals surface area contributed by atoms with Crippen molar-refractivity contribution >= 4 is 28.9 Å². The van der Waals surface area contributed by atoms with E-state index in [9.17, 15) is 9.59 Å². The minimum absolute atomic E-state index is 0.0421. The smallest absolute Gasteiger partial charge is 0.271 e. The van der Waals surface area contributed by atoms with Gasteiger partial charge in [0.05, 0.1) is 24.9 Å². The molecule has 1 N–H and O–H groups in total. The highest BCUT2D eigenvalue weighted by molar-refractivity contribution is 6.44. The van der Waals surface area contributed by atoms with Gasteiger partial charge in [0.1, 0.15) is 5.71 Å². The average molecular weight is 469 g/mol. The molecule has 2 heterocycles. The molecular formula is C28H28N4O3. The molecule has 7 heteroatoms. The van der Waals surface area contributed by atoms with Crippen LogP contribution in [0.2, 0.25) is 0 Å². The first-order valence-corrected chi connectivity index (χ1v) is 11.9. The molecule has 1 fully saturated rings. The number of nitrogens with zero attached hydrogens (tertiary/aromatic N) is 3. The lowest BCUT2D eigenvalue weighted by Crippen LogP contribution is -2.41. The largest absolute Gasteiger partial charge is 0.378 e. The molecule has 3 aromatic carbocycles. The number of para-hydroxylation sites is 1. The van der Waals surface area contributed by atoms with Crippen LogP contribution < -0.4 is 10.3 Å². The molecule has 2 amide bonds. The first kappa shape index (κ1) is 22.8. The SMILES string of the molecule is Cc1c(NC(=O)C2=NN(c3ccccc3)C(c3ccccc3)C2)cccc1C(=O)N1CCOCC1. The van der Waals surface area contributed by atoms with E-state index in [-0.39, 0.29) is 17.9 Å². The van der Waals surface area contributed by atoms with E-state index in [1.54, 1.807) is 17.0 Å². The Morgan fingerprint density at radius 1 is 0.914 bits per heavy atom. The van der Waals surface area contributed by atoms with Gasteiger partial charge in [0.2, 0.25) is 0 Å². The molecule has 1 atom stereocenters. The number of carbonyl (C=O) groups excluding carboxylic acids is 2. The van der Waals surface area contributed by atoms with Gasteiger partial charge in [-0.15, -0.1) is 0 Å². The van der Waals surface area contributed by atoms with Gasteiger partial charge in [-0.3, -0.25) is 14.6 Å². The Balaban J connectivity index is 1.38. The van der Waals surface area contributed by atoms with Crippen LogP contribution in [0.25, 0.3) is 0 Å². The van der Waals surface area contributed by atoms with Gasteiger partial charge in [0.15, 0.2) is 0 Å². The Hall–Kier alpha value is -3.97. The van der Waals surface area contributed by atoms with Gasteiger partial charge in [-0.25, -0.2) is 0 Å². The van der Waals surface area contributed by atoms with E-state index in [1.165, 1.54) is 0 Å². The van der Waals surface area contributed by atoms with Crippen LogP contribution in [-0.4, -0.2) is 48.7 Å². The number of benzene rings is 3. The lowest BCUT2D eigenvalue weighted by Gasteiger charge is -2.27. The standard InChI is InChI=1S/C28H28N4O3/c1-20-23(28(34)31-15-17-35-18-16-31)13-8-14-24(20)29-27(33)25-19-26(21-9-4-2-5-10-21)32(30-25)22-11-6-3-7-12-22/h2-14,26H,15-19H2,1H3,(H,29,33). The first-order valence-electron chi connectivity index (χ1n) is 11.9. The van der Waals surface area contributed by atoms with Gasteiger partial charge >= 0.3 is 0 Å². The highest BCUT2D eigenvalue weighted by Crippen LogP contribution is 2.35. The van der Waals surface area contributed by atoms with Crippen molar-refractivity contribution in [2.75, 3.05) is 36.6 Å². The first-order chi connectivity index (χ1) is 17.1. The molecule has 0 spiro atoms. The summed E-state index contributed by atoms with van der Waals surface area (Å²) in [7, 11) is 0. The zero-order valence-electron chi connectivity index (χ0n) is 19.7. The third-order valence-electron chi connectivity index (χ3n) is 6.49. The Labute approximate surface area is 205 Å². The molecule has 0 aliphatic carbocycles. The summed E-state index contributed by atoms with van der Waals surface area (Å²) in [5, 5.41) is 9.64. The summed E-state index contributed by atoms with van der Waals surface area (Å²) in [5.41, 5.74) is 4.43. The number of morpholine rings is 1. The molecule has 7 nitrogen and oxygen atoms in total. The van der Waals surface area contributed by atoms with Gasteiger partial charge in [-0.1, -0.05) is 54.6 Å². The summed E-state index contributed by atoms with van der Waals surface area (Å²) in [6.07, 6.45) is 0.482. The normalized spacial score (nSPS) is 17.7. The highest BCUT2D eigenvalue weighted by atomic mass is 16.5. The Morgan fingerprint density at radius 2 is 1.60 bits per heavy atom. The number of hydrogen-bond acceptors (Lipinski definition) is 5. The molecule has 0 aromatic heterocycles. The number of hydrogen-bond donors (Lipinski definition) is 1. The van der Waals surface area contributed by atoms with Crippen molar-refractivity contribution in [2.45, 2.75) is 19.4 Å². The summed E-state index contributed by atoms with van der Waals surface area (Å²) in [6.45, 7) is 4.09. The maximum absolute atomic E-state index is 13.3. The second-order valence-electron chi connectivity index (χ2n) is 8.69. The van der Waals surface area contributed by atoms with E-state index in [0.29, 0.717) is 49.7 Å². The lowest BCUT2D eigenvalue weighted by molar-refractivity contribution is -0.110. The quantitative estimate of drug-likeness (QED) is 0.602. The zero-order valence-corrected chi connectivity index (χ0v) is 19.7. The summed E-state index contributed by atoms with van der Waals surface area (Å²) in [5.74, 6) is -0.303. The minimum atomic E-state index is -0.261. The molecule has 0 radical (unpaired) electrons. The van der Waals surface area contributed by atoms with E-state index in [4.69, 9.17) is 9.84 Å². The minimum Gasteiger partial charge on any atom is -0.378 e. The van der Waals surface area contributed by atoms with Crippen LogP contribution >= 0.6 is 0 Å². The van der Waals surface area contributed by atoms with Crippen molar-refractivity contribution < 1.29 is 14.3 Å². The maximum Gasteiger partial charge on any atom is 0.271 e. The second kappa shape index (κ2) is 10.1. The molecule has 5 rings (SSSR count). The number of nitrogens with one attached hydrogen (secondary N) is 1. The molecule has 3 aromatic rings. The Morgan fingerprint density at radius 3 is 2.31 bits per heavy atom. The van der Waals surface area contributed by atoms with E-state index in [2.05, 4.69) is 17.4 Å². The zero-order chi connectivity index (χ0) is 24.2. The Kier molecular flexibility index (Phi) is 6.59. The lowest BCUT2D eigenvalue weighted by atomic mass is 10.0. The molecule has 0 bridgehead atoms. The van der Waals surface area contributed by atoms with E-state index >= 15 is 0 Å². The van der Waals surface area contributed by atoms with Gasteiger partial charge in [-0.05, 0) is 42.3 Å². The van der Waals surface area contributed by atoms with Crippen molar-refractivity contribution in [3.05, 3.63) is 95.6 Å². The maximum atomic E-state index is 13.3. The van der Waals surface area contributed by atoms with Crippen LogP contribution in [0.15, 0.2) is 84.0 Å². The second-order valence-corrected chi connectivity index (χ2v) is 8.69. The van der Waals surface area contributed by atoms with Crippen LogP contribution in [0.5, 0.6) is 0 Å². The molecular weight excluding hydrogens is 440 g/mol. The molecule has 1 saturated heterocycles. The van der Waals surface area contributed by atoms with Crippen LogP contribution in [-0.2, 0) is 9.53 Å². The van der Waals surface area contributed by atoms with Crippen molar-refractivity contribution in [3.63, 3.8) is 0 Å². The van der Waals surface area contributed by atoms with Crippen molar-refractivity contribution in [2.24, 2.45) is 5.10 Å². The third-order valence-corrected chi connectivity index (χ3v) is 6.49. The fourth-order valence-corrected chi connectivity index (χ4v) is 4.53. The fourth-order valence-electron chi connectivity index (χ4n) is 4.53. The predicted octanol–water partition coefficient (Wildman–Crippen LogP) is 4.41. The van der Waals surface area contributed by atoms with Crippen LogP contribution in [0.4, 0.5) is 11.4 Å². The van der Waals surface area contributed by atoms with Gasteiger partial charge in [0, 0.05) is 30.8 Å². The molecule has 178 valence electrons. The summed E-state index contributed by atoms with van der Waals surface area (Å²) in [4.78, 5) is 28.2. The van der Waals surface area contributed by atoms with Crippen molar-refractivity contribution in [1.82, 2.24) is 4.90 Å². The predicted molar refractivity (Wildman–Crippen MR) is 137 cm³/mol. The fraction of sp³-hybridized carbons (Fsp3) is 0.250. The molecule has 2 aliphatic heterocycles.